The number of rotatable bonds is 6. The SMILES string of the molecule is O=S(=O)(c1ccc(OC(F)(F)F)cc1)N1CCN(c2ccc(Nc3cccnc3)nn2)CC1. The van der Waals surface area contributed by atoms with Crippen molar-refractivity contribution in [2.75, 3.05) is 36.4 Å². The number of benzene rings is 1. The molecule has 1 fully saturated rings. The Morgan fingerprint density at radius 2 is 1.67 bits per heavy atom. The van der Waals surface area contributed by atoms with Crippen LogP contribution in [0.25, 0.3) is 0 Å². The zero-order valence-electron chi connectivity index (χ0n) is 17.1. The van der Waals surface area contributed by atoms with Gasteiger partial charge in [-0.05, 0) is 48.5 Å². The van der Waals surface area contributed by atoms with E-state index < -0.39 is 22.1 Å². The van der Waals surface area contributed by atoms with Gasteiger partial charge < -0.3 is 15.0 Å². The molecule has 3 aromatic rings. The van der Waals surface area contributed by atoms with Gasteiger partial charge in [-0.1, -0.05) is 0 Å². The predicted octanol–water partition coefficient (Wildman–Crippen LogP) is 3.02. The number of halogens is 3. The van der Waals surface area contributed by atoms with Crippen LogP contribution in [0.2, 0.25) is 0 Å². The third kappa shape index (κ3) is 5.68. The summed E-state index contributed by atoms with van der Waals surface area (Å²) in [6.07, 6.45) is -1.52. The van der Waals surface area contributed by atoms with E-state index in [0.717, 1.165) is 30.0 Å². The lowest BCUT2D eigenvalue weighted by atomic mass is 10.3. The monoisotopic (exact) mass is 480 g/mol. The van der Waals surface area contributed by atoms with Crippen LogP contribution < -0.4 is 15.0 Å². The first kappa shape index (κ1) is 22.7. The minimum Gasteiger partial charge on any atom is -0.406 e. The number of nitrogens with one attached hydrogen (secondary N) is 1. The number of nitrogens with zero attached hydrogens (tertiary/aromatic N) is 5. The number of alkyl halides is 3. The van der Waals surface area contributed by atoms with Crippen LogP contribution in [0.1, 0.15) is 0 Å². The number of piperazine rings is 1. The summed E-state index contributed by atoms with van der Waals surface area (Å²) >= 11 is 0. The molecular weight excluding hydrogens is 461 g/mol. The summed E-state index contributed by atoms with van der Waals surface area (Å²) in [7, 11) is -3.85. The van der Waals surface area contributed by atoms with E-state index in [9.17, 15) is 21.6 Å². The zero-order chi connectivity index (χ0) is 23.5. The molecule has 0 aliphatic carbocycles. The highest BCUT2D eigenvalue weighted by atomic mass is 32.2. The Morgan fingerprint density at radius 1 is 0.939 bits per heavy atom. The first-order chi connectivity index (χ1) is 15.7. The molecule has 1 aromatic carbocycles. The van der Waals surface area contributed by atoms with E-state index in [1.807, 2.05) is 11.0 Å². The largest absolute Gasteiger partial charge is 0.573 e. The highest BCUT2D eigenvalue weighted by Crippen LogP contribution is 2.26. The minimum atomic E-state index is -4.84. The third-order valence-electron chi connectivity index (χ3n) is 4.84. The van der Waals surface area contributed by atoms with E-state index in [1.165, 1.54) is 4.31 Å². The second-order valence-electron chi connectivity index (χ2n) is 7.05. The maximum Gasteiger partial charge on any atom is 0.573 e. The minimum absolute atomic E-state index is 0.101. The van der Waals surface area contributed by atoms with Crippen molar-refractivity contribution in [3.05, 3.63) is 60.9 Å². The number of hydrogen-bond acceptors (Lipinski definition) is 8. The van der Waals surface area contributed by atoms with Crippen molar-refractivity contribution in [2.45, 2.75) is 11.3 Å². The summed E-state index contributed by atoms with van der Waals surface area (Å²) in [5.41, 5.74) is 0.774. The summed E-state index contributed by atoms with van der Waals surface area (Å²) in [4.78, 5) is 5.82. The molecule has 0 spiro atoms. The van der Waals surface area contributed by atoms with E-state index in [4.69, 9.17) is 0 Å². The number of hydrogen-bond donors (Lipinski definition) is 1. The summed E-state index contributed by atoms with van der Waals surface area (Å²) in [6.45, 7) is 1.16. The molecule has 0 unspecified atom stereocenters. The van der Waals surface area contributed by atoms with Crippen molar-refractivity contribution < 1.29 is 26.3 Å². The highest BCUT2D eigenvalue weighted by molar-refractivity contribution is 7.89. The first-order valence-corrected chi connectivity index (χ1v) is 11.3. The molecule has 2 aromatic heterocycles. The molecule has 0 atom stereocenters. The van der Waals surface area contributed by atoms with Crippen LogP contribution in [0.4, 0.5) is 30.5 Å². The second kappa shape index (κ2) is 9.19. The molecule has 1 saturated heterocycles. The van der Waals surface area contributed by atoms with Crippen molar-refractivity contribution in [1.82, 2.24) is 19.5 Å². The van der Waals surface area contributed by atoms with Crippen molar-refractivity contribution >= 4 is 27.3 Å². The van der Waals surface area contributed by atoms with E-state index in [0.29, 0.717) is 24.7 Å². The molecule has 0 saturated carbocycles. The van der Waals surface area contributed by atoms with E-state index >= 15 is 0 Å². The molecule has 0 amide bonds. The van der Waals surface area contributed by atoms with Crippen LogP contribution in [0.15, 0.2) is 65.8 Å². The van der Waals surface area contributed by atoms with Gasteiger partial charge in [-0.15, -0.1) is 23.4 Å². The molecule has 1 aliphatic heterocycles. The predicted molar refractivity (Wildman–Crippen MR) is 114 cm³/mol. The van der Waals surface area contributed by atoms with Crippen molar-refractivity contribution in [2.24, 2.45) is 0 Å². The van der Waals surface area contributed by atoms with E-state index in [1.54, 1.807) is 30.6 Å². The van der Waals surface area contributed by atoms with Gasteiger partial charge in [0, 0.05) is 32.4 Å². The summed E-state index contributed by atoms with van der Waals surface area (Å²) < 4.78 is 67.7. The molecule has 3 heterocycles. The molecule has 1 N–H and O–H groups in total. The number of ether oxygens (including phenoxy) is 1. The van der Waals surface area contributed by atoms with Crippen molar-refractivity contribution in [3.63, 3.8) is 0 Å². The van der Waals surface area contributed by atoms with Crippen LogP contribution in [-0.4, -0.2) is 60.4 Å². The smallest absolute Gasteiger partial charge is 0.406 e. The van der Waals surface area contributed by atoms with Gasteiger partial charge in [0.15, 0.2) is 11.6 Å². The third-order valence-corrected chi connectivity index (χ3v) is 6.75. The molecule has 174 valence electrons. The van der Waals surface area contributed by atoms with Crippen molar-refractivity contribution in [1.29, 1.82) is 0 Å². The summed E-state index contributed by atoms with van der Waals surface area (Å²) in [5.74, 6) is 0.676. The Bertz CT molecular complexity index is 1170. The molecule has 4 rings (SSSR count). The Balaban J connectivity index is 1.36. The van der Waals surface area contributed by atoms with E-state index in [2.05, 4.69) is 25.2 Å². The Kier molecular flexibility index (Phi) is 6.33. The number of anilines is 3. The average molecular weight is 480 g/mol. The Labute approximate surface area is 187 Å². The maximum absolute atomic E-state index is 12.8. The molecular formula is C20H19F3N6O3S. The maximum atomic E-state index is 12.8. The fourth-order valence-electron chi connectivity index (χ4n) is 3.27. The molecule has 9 nitrogen and oxygen atoms in total. The number of pyridine rings is 1. The van der Waals surface area contributed by atoms with Crippen LogP contribution in [-0.2, 0) is 10.0 Å². The fourth-order valence-corrected chi connectivity index (χ4v) is 4.69. The quantitative estimate of drug-likeness (QED) is 0.575. The topological polar surface area (TPSA) is 101 Å². The van der Waals surface area contributed by atoms with Crippen LogP contribution in [0, 0.1) is 0 Å². The first-order valence-electron chi connectivity index (χ1n) is 9.82. The lowest BCUT2D eigenvalue weighted by Gasteiger charge is -2.34. The van der Waals surface area contributed by atoms with Gasteiger partial charge in [0.05, 0.1) is 16.8 Å². The van der Waals surface area contributed by atoms with Gasteiger partial charge in [-0.25, -0.2) is 8.42 Å². The Morgan fingerprint density at radius 3 is 2.24 bits per heavy atom. The fraction of sp³-hybridized carbons (Fsp3) is 0.250. The van der Waals surface area contributed by atoms with Crippen LogP contribution in [0.3, 0.4) is 0 Å². The Hall–Kier alpha value is -3.45. The molecule has 0 bridgehead atoms. The van der Waals surface area contributed by atoms with Gasteiger partial charge in [0.1, 0.15) is 5.75 Å². The molecule has 0 radical (unpaired) electrons. The second-order valence-corrected chi connectivity index (χ2v) is 8.99. The highest BCUT2D eigenvalue weighted by Gasteiger charge is 2.32. The summed E-state index contributed by atoms with van der Waals surface area (Å²) in [5, 5.41) is 11.4. The van der Waals surface area contributed by atoms with Gasteiger partial charge >= 0.3 is 6.36 Å². The summed E-state index contributed by atoms with van der Waals surface area (Å²) in [6, 6.07) is 11.4. The van der Waals surface area contributed by atoms with Gasteiger partial charge in [-0.2, -0.15) is 4.31 Å². The van der Waals surface area contributed by atoms with Gasteiger partial charge in [0.2, 0.25) is 10.0 Å². The number of aromatic nitrogens is 3. The number of sulfonamides is 1. The van der Waals surface area contributed by atoms with Crippen LogP contribution in [0.5, 0.6) is 5.75 Å². The normalized spacial score (nSPS) is 15.3. The average Bonchev–Trinajstić information content (AvgIpc) is 2.80. The lowest BCUT2D eigenvalue weighted by molar-refractivity contribution is -0.274. The van der Waals surface area contributed by atoms with Crippen molar-refractivity contribution in [3.8, 4) is 5.75 Å². The standard InChI is InChI=1S/C20H19F3N6O3S/c21-20(22,23)32-16-3-5-17(6-4-16)33(30,31)29-12-10-28(11-13-29)19-8-7-18(26-27-19)25-15-2-1-9-24-14-15/h1-9,14H,10-13H2,(H,25,26). The zero-order valence-corrected chi connectivity index (χ0v) is 17.9. The molecule has 13 heteroatoms. The molecule has 33 heavy (non-hydrogen) atoms. The van der Waals surface area contributed by atoms with Crippen LogP contribution >= 0.6 is 0 Å². The van der Waals surface area contributed by atoms with Gasteiger partial charge in [-0.3, -0.25) is 4.98 Å². The van der Waals surface area contributed by atoms with Gasteiger partial charge in [0.25, 0.3) is 0 Å². The van der Waals surface area contributed by atoms with E-state index in [-0.39, 0.29) is 18.0 Å². The molecule has 1 aliphatic rings. The lowest BCUT2D eigenvalue weighted by Crippen LogP contribution is -2.49.